The predicted octanol–water partition coefficient (Wildman–Crippen LogP) is 4.06. The molecule has 0 unspecified atom stereocenters. The van der Waals surface area contributed by atoms with Crippen molar-refractivity contribution < 1.29 is 9.18 Å². The van der Waals surface area contributed by atoms with Gasteiger partial charge < -0.3 is 5.32 Å². The Morgan fingerprint density at radius 1 is 1.11 bits per heavy atom. The summed E-state index contributed by atoms with van der Waals surface area (Å²) in [6, 6.07) is 9.55. The maximum atomic E-state index is 13.2. The van der Waals surface area contributed by atoms with Crippen molar-refractivity contribution >= 4 is 17.2 Å². The molecule has 1 aliphatic rings. The van der Waals surface area contributed by atoms with Crippen LogP contribution >= 0.6 is 0 Å². The number of fused-ring (bicyclic) bond motifs is 1. The second-order valence-electron chi connectivity index (χ2n) is 6.84. The molecule has 1 fully saturated rings. The largest absolute Gasteiger partial charge is 0.320 e. The van der Waals surface area contributed by atoms with Crippen molar-refractivity contribution in [2.45, 2.75) is 18.8 Å². The Labute approximate surface area is 160 Å². The molecule has 5 rings (SSSR count). The number of rotatable bonds is 4. The van der Waals surface area contributed by atoms with Crippen LogP contribution in [0.15, 0.2) is 61.2 Å². The summed E-state index contributed by atoms with van der Waals surface area (Å²) in [6.45, 7) is 0. The summed E-state index contributed by atoms with van der Waals surface area (Å²) in [6.07, 6.45) is 8.94. The van der Waals surface area contributed by atoms with Gasteiger partial charge in [-0.05, 0) is 42.7 Å². The predicted molar refractivity (Wildman–Crippen MR) is 103 cm³/mol. The van der Waals surface area contributed by atoms with E-state index in [0.29, 0.717) is 22.8 Å². The van der Waals surface area contributed by atoms with E-state index in [1.54, 1.807) is 47.4 Å². The molecule has 3 aromatic heterocycles. The maximum Gasteiger partial charge on any atom is 0.259 e. The van der Waals surface area contributed by atoms with Gasteiger partial charge in [0.05, 0.1) is 29.3 Å². The number of carbonyl (C=O) groups is 1. The molecular weight excluding hydrogens is 357 g/mol. The fourth-order valence-electron chi connectivity index (χ4n) is 3.23. The number of hydrogen-bond donors (Lipinski definition) is 1. The van der Waals surface area contributed by atoms with Crippen molar-refractivity contribution in [3.05, 3.63) is 78.3 Å². The van der Waals surface area contributed by atoms with Crippen molar-refractivity contribution in [1.82, 2.24) is 19.6 Å². The number of hydrogen-bond acceptors (Lipinski definition) is 4. The third-order valence-electron chi connectivity index (χ3n) is 4.84. The van der Waals surface area contributed by atoms with Crippen LogP contribution in [-0.2, 0) is 0 Å². The topological polar surface area (TPSA) is 72.2 Å². The molecule has 28 heavy (non-hydrogen) atoms. The molecule has 1 N–H and O–H groups in total. The lowest BCUT2D eigenvalue weighted by atomic mass is 10.1. The quantitative estimate of drug-likeness (QED) is 0.586. The van der Waals surface area contributed by atoms with Gasteiger partial charge >= 0.3 is 0 Å². The van der Waals surface area contributed by atoms with Gasteiger partial charge in [0.1, 0.15) is 5.82 Å². The Balaban J connectivity index is 1.50. The molecule has 1 aliphatic carbocycles. The summed E-state index contributed by atoms with van der Waals surface area (Å²) in [4.78, 5) is 21.7. The molecule has 0 radical (unpaired) electrons. The molecule has 0 atom stereocenters. The molecular formula is C21H16FN5O. The van der Waals surface area contributed by atoms with E-state index < -0.39 is 0 Å². The van der Waals surface area contributed by atoms with Crippen LogP contribution < -0.4 is 5.32 Å². The van der Waals surface area contributed by atoms with Crippen LogP contribution in [0.3, 0.4) is 0 Å². The third kappa shape index (κ3) is 3.00. The molecule has 6 nitrogen and oxygen atoms in total. The van der Waals surface area contributed by atoms with Crippen molar-refractivity contribution in [3.8, 4) is 11.1 Å². The van der Waals surface area contributed by atoms with Gasteiger partial charge in [-0.3, -0.25) is 9.78 Å². The zero-order valence-corrected chi connectivity index (χ0v) is 14.8. The lowest BCUT2D eigenvalue weighted by Crippen LogP contribution is -2.14. The third-order valence-corrected chi connectivity index (χ3v) is 4.84. The lowest BCUT2D eigenvalue weighted by Gasteiger charge is -2.11. The normalized spacial score (nSPS) is 13.6. The van der Waals surface area contributed by atoms with Crippen LogP contribution in [0.25, 0.3) is 16.8 Å². The molecule has 1 saturated carbocycles. The van der Waals surface area contributed by atoms with Gasteiger partial charge in [0.15, 0.2) is 5.65 Å². The Morgan fingerprint density at radius 3 is 2.71 bits per heavy atom. The average molecular weight is 373 g/mol. The number of pyridine rings is 1. The maximum absolute atomic E-state index is 13.2. The van der Waals surface area contributed by atoms with Crippen LogP contribution in [0.4, 0.5) is 10.1 Å². The van der Waals surface area contributed by atoms with Crippen molar-refractivity contribution in [2.75, 3.05) is 5.32 Å². The molecule has 0 spiro atoms. The van der Waals surface area contributed by atoms with E-state index in [1.807, 2.05) is 6.20 Å². The first-order valence-corrected chi connectivity index (χ1v) is 9.04. The molecule has 0 aliphatic heterocycles. The van der Waals surface area contributed by atoms with Crippen LogP contribution in [0.1, 0.15) is 34.8 Å². The van der Waals surface area contributed by atoms with Gasteiger partial charge in [-0.2, -0.15) is 5.10 Å². The van der Waals surface area contributed by atoms with Crippen molar-refractivity contribution in [3.63, 3.8) is 0 Å². The van der Waals surface area contributed by atoms with Crippen LogP contribution in [0.5, 0.6) is 0 Å². The zero-order valence-electron chi connectivity index (χ0n) is 14.8. The van der Waals surface area contributed by atoms with E-state index >= 15 is 0 Å². The molecule has 3 heterocycles. The van der Waals surface area contributed by atoms with Gasteiger partial charge in [0.25, 0.3) is 5.91 Å². The van der Waals surface area contributed by atoms with Gasteiger partial charge in [0.2, 0.25) is 0 Å². The molecule has 0 saturated heterocycles. The summed E-state index contributed by atoms with van der Waals surface area (Å²) in [7, 11) is 0. The average Bonchev–Trinajstić information content (AvgIpc) is 3.47. The summed E-state index contributed by atoms with van der Waals surface area (Å²) in [5.74, 6) is -0.133. The molecule has 7 heteroatoms. The zero-order chi connectivity index (χ0) is 19.1. The number of anilines is 1. The number of imidazole rings is 1. The smallest absolute Gasteiger partial charge is 0.259 e. The summed E-state index contributed by atoms with van der Waals surface area (Å²) in [5.41, 5.74) is 4.04. The molecule has 1 aromatic carbocycles. The molecule has 0 bridgehead atoms. The second kappa shape index (κ2) is 6.53. The van der Waals surface area contributed by atoms with E-state index in [0.717, 1.165) is 29.7 Å². The first-order chi connectivity index (χ1) is 13.7. The van der Waals surface area contributed by atoms with E-state index in [9.17, 15) is 9.18 Å². The summed E-state index contributed by atoms with van der Waals surface area (Å²) >= 11 is 0. The highest BCUT2D eigenvalue weighted by Crippen LogP contribution is 2.39. The number of nitrogens with zero attached hydrogens (tertiary/aromatic N) is 4. The van der Waals surface area contributed by atoms with Crippen LogP contribution in [0.2, 0.25) is 0 Å². The number of amides is 1. The Hall–Kier alpha value is -3.61. The Bertz CT molecular complexity index is 1180. The fraction of sp³-hybridized carbons (Fsp3) is 0.143. The summed E-state index contributed by atoms with van der Waals surface area (Å²) < 4.78 is 14.9. The highest BCUT2D eigenvalue weighted by atomic mass is 19.1. The van der Waals surface area contributed by atoms with Crippen LogP contribution in [0, 0.1) is 5.82 Å². The van der Waals surface area contributed by atoms with E-state index in [2.05, 4.69) is 20.4 Å². The number of nitrogens with one attached hydrogen (secondary N) is 1. The van der Waals surface area contributed by atoms with Crippen molar-refractivity contribution in [1.29, 1.82) is 0 Å². The highest BCUT2D eigenvalue weighted by molar-refractivity contribution is 6.09. The first-order valence-electron chi connectivity index (χ1n) is 9.04. The standard InChI is InChI=1S/C21H16FN5O/c22-15-5-3-13(4-6-15)16-7-9-23-11-18(16)26-21(28)17-8-10-24-27-12-19(14-1-2-14)25-20(17)27/h3-12,14H,1-2H2,(H,26,28). The molecule has 138 valence electrons. The fourth-order valence-corrected chi connectivity index (χ4v) is 3.23. The van der Waals surface area contributed by atoms with Crippen LogP contribution in [-0.4, -0.2) is 25.5 Å². The SMILES string of the molecule is O=C(Nc1cnccc1-c1ccc(F)cc1)c1ccnn2cc(C3CC3)nc12. The Kier molecular flexibility index (Phi) is 3.86. The second-order valence-corrected chi connectivity index (χ2v) is 6.84. The number of aromatic nitrogens is 4. The highest BCUT2D eigenvalue weighted by Gasteiger charge is 2.27. The first kappa shape index (κ1) is 16.6. The summed E-state index contributed by atoms with van der Waals surface area (Å²) in [5, 5.41) is 7.17. The van der Waals surface area contributed by atoms with E-state index in [1.165, 1.54) is 12.1 Å². The monoisotopic (exact) mass is 373 g/mol. The van der Waals surface area contributed by atoms with E-state index in [-0.39, 0.29) is 11.7 Å². The lowest BCUT2D eigenvalue weighted by molar-refractivity contribution is 0.102. The number of benzene rings is 1. The van der Waals surface area contributed by atoms with Crippen molar-refractivity contribution in [2.24, 2.45) is 0 Å². The van der Waals surface area contributed by atoms with Gasteiger partial charge in [0, 0.05) is 23.9 Å². The molecule has 1 amide bonds. The Morgan fingerprint density at radius 2 is 1.93 bits per heavy atom. The number of halogens is 1. The minimum Gasteiger partial charge on any atom is -0.320 e. The molecule has 4 aromatic rings. The van der Waals surface area contributed by atoms with E-state index in [4.69, 9.17) is 0 Å². The number of carbonyl (C=O) groups excluding carboxylic acids is 1. The van der Waals surface area contributed by atoms with Gasteiger partial charge in [-0.15, -0.1) is 0 Å². The minimum absolute atomic E-state index is 0.295. The van der Waals surface area contributed by atoms with Gasteiger partial charge in [-0.25, -0.2) is 13.9 Å². The minimum atomic E-state index is -0.312. The van der Waals surface area contributed by atoms with Gasteiger partial charge in [-0.1, -0.05) is 12.1 Å².